The van der Waals surface area contributed by atoms with Crippen LogP contribution in [0.15, 0.2) is 41.2 Å². The molecule has 9 heteroatoms. The lowest BCUT2D eigenvalue weighted by molar-refractivity contribution is -0.128. The number of para-hydroxylation sites is 2. The van der Waals surface area contributed by atoms with E-state index < -0.39 is 18.0 Å². The van der Waals surface area contributed by atoms with Crippen molar-refractivity contribution in [1.29, 1.82) is 0 Å². The van der Waals surface area contributed by atoms with E-state index in [9.17, 15) is 19.2 Å². The molecule has 0 saturated heterocycles. The molecule has 1 aliphatic rings. The van der Waals surface area contributed by atoms with Crippen LogP contribution in [-0.2, 0) is 20.9 Å². The topological polar surface area (TPSA) is 111 Å². The van der Waals surface area contributed by atoms with Crippen molar-refractivity contribution < 1.29 is 19.1 Å². The van der Waals surface area contributed by atoms with Crippen LogP contribution in [0.4, 0.5) is 11.4 Å². The Morgan fingerprint density at radius 1 is 1.21 bits per heavy atom. The van der Waals surface area contributed by atoms with Gasteiger partial charge in [0.1, 0.15) is 6.54 Å². The van der Waals surface area contributed by atoms with Crippen LogP contribution in [0.1, 0.15) is 30.8 Å². The molecule has 146 valence electrons. The maximum atomic E-state index is 12.8. The highest BCUT2D eigenvalue weighted by Crippen LogP contribution is 2.29. The van der Waals surface area contributed by atoms with Gasteiger partial charge in [0.2, 0.25) is 5.91 Å². The Kier molecular flexibility index (Phi) is 5.53. The molecule has 1 aromatic heterocycles. The summed E-state index contributed by atoms with van der Waals surface area (Å²) in [6, 6.07) is 9.36. The van der Waals surface area contributed by atoms with E-state index in [1.54, 1.807) is 24.3 Å². The molecule has 1 aromatic carbocycles. The maximum absolute atomic E-state index is 12.8. The van der Waals surface area contributed by atoms with E-state index >= 15 is 0 Å². The van der Waals surface area contributed by atoms with Gasteiger partial charge >= 0.3 is 5.97 Å². The zero-order valence-electron chi connectivity index (χ0n) is 15.5. The highest BCUT2D eigenvalue weighted by atomic mass is 16.5. The van der Waals surface area contributed by atoms with Gasteiger partial charge in [-0.25, -0.2) is 9.48 Å². The normalized spacial score (nSPS) is 14.1. The molecule has 0 radical (unpaired) electrons. The number of rotatable bonds is 5. The summed E-state index contributed by atoms with van der Waals surface area (Å²) in [4.78, 5) is 50.0. The van der Waals surface area contributed by atoms with Gasteiger partial charge in [0.15, 0.2) is 11.8 Å². The molecule has 1 aliphatic heterocycles. The maximum Gasteiger partial charge on any atom is 0.359 e. The first kappa shape index (κ1) is 19.3. The van der Waals surface area contributed by atoms with Crippen molar-refractivity contribution in [2.24, 2.45) is 0 Å². The molecule has 1 atom stereocenters. The Morgan fingerprint density at radius 3 is 2.71 bits per heavy atom. The van der Waals surface area contributed by atoms with Crippen molar-refractivity contribution in [3.05, 3.63) is 52.4 Å². The number of hydrogen-bond acceptors (Lipinski definition) is 6. The second-order valence-electron chi connectivity index (χ2n) is 6.32. The van der Waals surface area contributed by atoms with Gasteiger partial charge in [-0.15, -0.1) is 0 Å². The molecule has 0 unspecified atom stereocenters. The summed E-state index contributed by atoms with van der Waals surface area (Å²) in [5, 5.41) is 6.67. The van der Waals surface area contributed by atoms with Gasteiger partial charge in [0.25, 0.3) is 11.5 Å². The fourth-order valence-electron chi connectivity index (χ4n) is 2.85. The summed E-state index contributed by atoms with van der Waals surface area (Å²) in [7, 11) is 0. The second-order valence-corrected chi connectivity index (χ2v) is 6.32. The number of nitrogens with zero attached hydrogens (tertiary/aromatic N) is 3. The summed E-state index contributed by atoms with van der Waals surface area (Å²) in [5.41, 5.74) is 0.659. The van der Waals surface area contributed by atoms with Gasteiger partial charge < -0.3 is 10.1 Å². The van der Waals surface area contributed by atoms with Crippen molar-refractivity contribution in [1.82, 2.24) is 9.78 Å². The Hall–Kier alpha value is -3.49. The standard InChI is InChI=1S/C19H20N4O5/c1-3-10-23-17(25)9-8-14(21-23)19(27)28-12(2)18(26)22-11-16(24)20-13-6-4-5-7-15(13)22/h4-9,12H,3,10-11H2,1-2H3,(H,20,24)/t12-/m0/s1. The summed E-state index contributed by atoms with van der Waals surface area (Å²) in [6.07, 6.45) is -0.462. The number of ether oxygens (including phenoxy) is 1. The minimum absolute atomic E-state index is 0.0653. The first-order chi connectivity index (χ1) is 13.4. The van der Waals surface area contributed by atoms with Crippen LogP contribution in [-0.4, -0.2) is 40.2 Å². The fraction of sp³-hybridized carbons (Fsp3) is 0.316. The van der Waals surface area contributed by atoms with Gasteiger partial charge in [0.05, 0.1) is 11.4 Å². The van der Waals surface area contributed by atoms with Crippen LogP contribution in [0.25, 0.3) is 0 Å². The van der Waals surface area contributed by atoms with E-state index in [-0.39, 0.29) is 23.7 Å². The minimum atomic E-state index is -1.14. The number of nitrogens with one attached hydrogen (secondary N) is 1. The number of esters is 1. The van der Waals surface area contributed by atoms with Crippen LogP contribution >= 0.6 is 0 Å². The number of amides is 2. The van der Waals surface area contributed by atoms with Crippen LogP contribution < -0.4 is 15.8 Å². The number of carbonyl (C=O) groups is 3. The number of aromatic nitrogens is 2. The zero-order chi connectivity index (χ0) is 20.3. The summed E-state index contributed by atoms with van der Waals surface area (Å²) < 4.78 is 6.41. The summed E-state index contributed by atoms with van der Waals surface area (Å²) in [5.74, 6) is -1.68. The molecule has 2 amide bonds. The van der Waals surface area contributed by atoms with Crippen molar-refractivity contribution in [3.63, 3.8) is 0 Å². The Bertz CT molecular complexity index is 984. The SMILES string of the molecule is CCCn1nc(C(=O)O[C@@H](C)C(=O)N2CC(=O)Nc3ccccc32)ccc1=O. The van der Waals surface area contributed by atoms with Crippen LogP contribution in [0.5, 0.6) is 0 Å². The number of aryl methyl sites for hydroxylation is 1. The Balaban J connectivity index is 1.76. The van der Waals surface area contributed by atoms with E-state index in [1.807, 2.05) is 6.92 Å². The monoisotopic (exact) mass is 384 g/mol. The van der Waals surface area contributed by atoms with E-state index in [0.717, 1.165) is 0 Å². The largest absolute Gasteiger partial charge is 0.448 e. The van der Waals surface area contributed by atoms with Crippen molar-refractivity contribution in [2.75, 3.05) is 16.8 Å². The molecular weight excluding hydrogens is 364 g/mol. The van der Waals surface area contributed by atoms with Gasteiger partial charge in [-0.05, 0) is 31.5 Å². The third-order valence-corrected chi connectivity index (χ3v) is 4.18. The number of fused-ring (bicyclic) bond motifs is 1. The van der Waals surface area contributed by atoms with E-state index in [2.05, 4.69) is 10.4 Å². The molecule has 0 aliphatic carbocycles. The predicted octanol–water partition coefficient (Wildman–Crippen LogP) is 1.18. The first-order valence-corrected chi connectivity index (χ1v) is 8.90. The molecular formula is C19H20N4O5. The van der Waals surface area contributed by atoms with Gasteiger partial charge in [-0.3, -0.25) is 19.3 Å². The number of carbonyl (C=O) groups excluding carboxylic acids is 3. The van der Waals surface area contributed by atoms with Crippen LogP contribution in [0.2, 0.25) is 0 Å². The van der Waals surface area contributed by atoms with Crippen molar-refractivity contribution in [2.45, 2.75) is 32.9 Å². The van der Waals surface area contributed by atoms with Crippen LogP contribution in [0, 0.1) is 0 Å². The molecule has 2 aromatic rings. The third-order valence-electron chi connectivity index (χ3n) is 4.18. The lowest BCUT2D eigenvalue weighted by Crippen LogP contribution is -2.47. The molecule has 0 spiro atoms. The smallest absolute Gasteiger partial charge is 0.359 e. The third kappa shape index (κ3) is 3.93. The predicted molar refractivity (Wildman–Crippen MR) is 101 cm³/mol. The summed E-state index contributed by atoms with van der Waals surface area (Å²) >= 11 is 0. The van der Waals surface area contributed by atoms with Crippen molar-refractivity contribution in [3.8, 4) is 0 Å². The quantitative estimate of drug-likeness (QED) is 0.775. The lowest BCUT2D eigenvalue weighted by Gasteiger charge is -2.30. The number of anilines is 2. The average Bonchev–Trinajstić information content (AvgIpc) is 2.68. The van der Waals surface area contributed by atoms with Crippen molar-refractivity contribution >= 4 is 29.2 Å². The Labute approximate surface area is 160 Å². The zero-order valence-corrected chi connectivity index (χ0v) is 15.5. The molecule has 28 heavy (non-hydrogen) atoms. The molecule has 0 saturated carbocycles. The van der Waals surface area contributed by atoms with Crippen LogP contribution in [0.3, 0.4) is 0 Å². The molecule has 0 bridgehead atoms. The molecule has 1 N–H and O–H groups in total. The van der Waals surface area contributed by atoms with Gasteiger partial charge in [-0.2, -0.15) is 5.10 Å². The lowest BCUT2D eigenvalue weighted by atomic mass is 10.1. The second kappa shape index (κ2) is 8.03. The average molecular weight is 384 g/mol. The van der Waals surface area contributed by atoms with Gasteiger partial charge in [0, 0.05) is 12.6 Å². The van der Waals surface area contributed by atoms with E-state index in [1.165, 1.54) is 28.6 Å². The van der Waals surface area contributed by atoms with E-state index in [0.29, 0.717) is 24.3 Å². The van der Waals surface area contributed by atoms with Gasteiger partial charge in [-0.1, -0.05) is 19.1 Å². The highest BCUT2D eigenvalue weighted by Gasteiger charge is 2.31. The molecule has 3 rings (SSSR count). The molecule has 0 fully saturated rings. The fourth-order valence-corrected chi connectivity index (χ4v) is 2.85. The first-order valence-electron chi connectivity index (χ1n) is 8.90. The highest BCUT2D eigenvalue weighted by molar-refractivity contribution is 6.11. The summed E-state index contributed by atoms with van der Waals surface area (Å²) in [6.45, 7) is 3.51. The Morgan fingerprint density at radius 2 is 1.96 bits per heavy atom. The molecule has 9 nitrogen and oxygen atoms in total. The molecule has 2 heterocycles. The van der Waals surface area contributed by atoms with E-state index in [4.69, 9.17) is 4.74 Å². The number of benzene rings is 1. The number of hydrogen-bond donors (Lipinski definition) is 1. The minimum Gasteiger partial charge on any atom is -0.448 e.